The predicted octanol–water partition coefficient (Wildman–Crippen LogP) is 3.46. The van der Waals surface area contributed by atoms with Gasteiger partial charge in [0.25, 0.3) is 11.8 Å². The fourth-order valence-corrected chi connectivity index (χ4v) is 4.69. The smallest absolute Gasteiger partial charge is 0.260 e. The molecule has 1 saturated heterocycles. The molecule has 1 atom stereocenters. The highest BCUT2D eigenvalue weighted by molar-refractivity contribution is 5.87. The molecule has 8 heteroatoms. The van der Waals surface area contributed by atoms with E-state index in [2.05, 4.69) is 6.07 Å². The van der Waals surface area contributed by atoms with Gasteiger partial charge in [-0.15, -0.1) is 0 Å². The van der Waals surface area contributed by atoms with E-state index in [0.29, 0.717) is 38.4 Å². The number of fused-ring (bicyclic) bond motifs is 1. The Morgan fingerprint density at radius 1 is 1.09 bits per heavy atom. The molecule has 0 aromatic heterocycles. The number of morpholine rings is 1. The van der Waals surface area contributed by atoms with Crippen molar-refractivity contribution in [3.63, 3.8) is 0 Å². The highest BCUT2D eigenvalue weighted by atomic mass is 19.1. The Hall–Kier alpha value is -3.13. The minimum atomic E-state index is -1.08. The van der Waals surface area contributed by atoms with E-state index < -0.39 is 5.60 Å². The Labute approximate surface area is 205 Å². The van der Waals surface area contributed by atoms with Crippen molar-refractivity contribution in [1.82, 2.24) is 9.80 Å². The topological polar surface area (TPSA) is 68.3 Å². The Morgan fingerprint density at radius 2 is 1.89 bits per heavy atom. The van der Waals surface area contributed by atoms with Gasteiger partial charge in [0.15, 0.2) is 12.2 Å². The third kappa shape index (κ3) is 6.11. The fourth-order valence-electron chi connectivity index (χ4n) is 4.69. The third-order valence-corrected chi connectivity index (χ3v) is 6.64. The van der Waals surface area contributed by atoms with Gasteiger partial charge < -0.3 is 24.0 Å². The summed E-state index contributed by atoms with van der Waals surface area (Å²) < 4.78 is 30.9. The second-order valence-corrected chi connectivity index (χ2v) is 8.95. The standard InChI is InChI=1S/C27H33FN2O5/c1-2-29-15-17-33-24-9-4-3-7-21(24)8-5-6-14-27(26(29)32)20-30(16-18-35-27)25(31)19-34-23-12-10-22(28)11-13-23/h3-4,7,9-13H,2,5-6,8,14-20H2,1H3. The summed E-state index contributed by atoms with van der Waals surface area (Å²) in [5.41, 5.74) is 0.0780. The predicted molar refractivity (Wildman–Crippen MR) is 129 cm³/mol. The van der Waals surface area contributed by atoms with E-state index in [9.17, 15) is 14.0 Å². The number of carbonyl (C=O) groups excluding carboxylic acids is 2. The van der Waals surface area contributed by atoms with E-state index in [1.54, 1.807) is 9.80 Å². The van der Waals surface area contributed by atoms with E-state index >= 15 is 0 Å². The van der Waals surface area contributed by atoms with Crippen LogP contribution in [0.15, 0.2) is 48.5 Å². The summed E-state index contributed by atoms with van der Waals surface area (Å²) in [6.45, 7) is 3.97. The largest absolute Gasteiger partial charge is 0.491 e. The molecule has 35 heavy (non-hydrogen) atoms. The lowest BCUT2D eigenvalue weighted by molar-refractivity contribution is -0.177. The average Bonchev–Trinajstić information content (AvgIpc) is 2.88. The molecule has 0 saturated carbocycles. The van der Waals surface area contributed by atoms with Gasteiger partial charge in [0.05, 0.1) is 19.7 Å². The van der Waals surface area contributed by atoms with Gasteiger partial charge in [-0.3, -0.25) is 9.59 Å². The van der Waals surface area contributed by atoms with Crippen LogP contribution in [-0.4, -0.2) is 73.2 Å². The lowest BCUT2D eigenvalue weighted by atomic mass is 9.91. The lowest BCUT2D eigenvalue weighted by Gasteiger charge is -2.44. The van der Waals surface area contributed by atoms with Crippen LogP contribution in [-0.2, 0) is 20.7 Å². The monoisotopic (exact) mass is 484 g/mol. The Kier molecular flexibility index (Phi) is 8.23. The molecule has 4 rings (SSSR count). The van der Waals surface area contributed by atoms with Crippen LogP contribution in [0.4, 0.5) is 4.39 Å². The number of amides is 2. The number of hydrogen-bond acceptors (Lipinski definition) is 5. The number of ether oxygens (including phenoxy) is 3. The van der Waals surface area contributed by atoms with E-state index in [-0.39, 0.29) is 37.4 Å². The number of hydrogen-bond donors (Lipinski definition) is 0. The van der Waals surface area contributed by atoms with Crippen molar-refractivity contribution in [2.24, 2.45) is 0 Å². The number of benzene rings is 2. The van der Waals surface area contributed by atoms with Crippen LogP contribution in [0.5, 0.6) is 11.5 Å². The lowest BCUT2D eigenvalue weighted by Crippen LogP contribution is -2.62. The first-order chi connectivity index (χ1) is 17.0. The maximum absolute atomic E-state index is 13.7. The second-order valence-electron chi connectivity index (χ2n) is 8.95. The number of para-hydroxylation sites is 1. The second kappa shape index (κ2) is 11.5. The molecule has 1 fully saturated rings. The van der Waals surface area contributed by atoms with Crippen molar-refractivity contribution in [1.29, 1.82) is 0 Å². The molecular weight excluding hydrogens is 451 g/mol. The SMILES string of the molecule is CCN1CCOc2ccccc2CCCCC2(CN(C(=O)COc3ccc(F)cc3)CCO2)C1=O. The van der Waals surface area contributed by atoms with E-state index in [4.69, 9.17) is 14.2 Å². The zero-order chi connectivity index (χ0) is 24.7. The summed E-state index contributed by atoms with van der Waals surface area (Å²) in [6.07, 6.45) is 3.05. The Morgan fingerprint density at radius 3 is 2.69 bits per heavy atom. The maximum Gasteiger partial charge on any atom is 0.260 e. The average molecular weight is 485 g/mol. The van der Waals surface area contributed by atoms with Gasteiger partial charge in [-0.05, 0) is 68.5 Å². The summed E-state index contributed by atoms with van der Waals surface area (Å²) in [5, 5.41) is 0. The molecule has 2 aromatic carbocycles. The normalized spacial score (nSPS) is 21.5. The number of carbonyl (C=O) groups is 2. The molecule has 188 valence electrons. The molecule has 0 N–H and O–H groups in total. The minimum absolute atomic E-state index is 0.102. The van der Waals surface area contributed by atoms with Crippen molar-refractivity contribution >= 4 is 11.8 Å². The molecule has 0 radical (unpaired) electrons. The van der Waals surface area contributed by atoms with Crippen molar-refractivity contribution in [3.8, 4) is 11.5 Å². The van der Waals surface area contributed by atoms with Crippen LogP contribution >= 0.6 is 0 Å². The van der Waals surface area contributed by atoms with Crippen LogP contribution in [0.3, 0.4) is 0 Å². The highest BCUT2D eigenvalue weighted by Crippen LogP contribution is 2.29. The number of halogens is 1. The molecule has 1 unspecified atom stereocenters. The van der Waals surface area contributed by atoms with Gasteiger partial charge in [-0.2, -0.15) is 0 Å². The number of likely N-dealkylation sites (N-methyl/N-ethyl adjacent to an activating group) is 1. The molecule has 0 bridgehead atoms. The number of nitrogens with zero attached hydrogens (tertiary/aromatic N) is 2. The van der Waals surface area contributed by atoms with Crippen molar-refractivity contribution in [2.75, 3.05) is 46.0 Å². The molecule has 2 aliphatic rings. The fraction of sp³-hybridized carbons (Fsp3) is 0.481. The number of aryl methyl sites for hydroxylation is 1. The Balaban J connectivity index is 1.46. The van der Waals surface area contributed by atoms with Crippen molar-refractivity contribution < 1.29 is 28.2 Å². The van der Waals surface area contributed by atoms with Gasteiger partial charge in [-0.25, -0.2) is 4.39 Å². The Bertz CT molecular complexity index is 1010. The summed E-state index contributed by atoms with van der Waals surface area (Å²) in [7, 11) is 0. The van der Waals surface area contributed by atoms with Crippen LogP contribution in [0.1, 0.15) is 31.7 Å². The summed E-state index contributed by atoms with van der Waals surface area (Å²) >= 11 is 0. The maximum atomic E-state index is 13.7. The van der Waals surface area contributed by atoms with Gasteiger partial charge in [0, 0.05) is 13.1 Å². The van der Waals surface area contributed by atoms with Crippen molar-refractivity contribution in [3.05, 3.63) is 59.9 Å². The van der Waals surface area contributed by atoms with Crippen molar-refractivity contribution in [2.45, 2.75) is 38.2 Å². The van der Waals surface area contributed by atoms with Crippen LogP contribution < -0.4 is 9.47 Å². The van der Waals surface area contributed by atoms with Gasteiger partial charge in [0.2, 0.25) is 0 Å². The molecule has 7 nitrogen and oxygen atoms in total. The zero-order valence-corrected chi connectivity index (χ0v) is 20.2. The zero-order valence-electron chi connectivity index (χ0n) is 20.2. The first-order valence-electron chi connectivity index (χ1n) is 12.3. The molecule has 2 aliphatic heterocycles. The van der Waals surface area contributed by atoms with E-state index in [1.807, 2.05) is 25.1 Å². The molecule has 0 aliphatic carbocycles. The number of rotatable bonds is 4. The summed E-state index contributed by atoms with van der Waals surface area (Å²) in [4.78, 5) is 30.1. The van der Waals surface area contributed by atoms with Gasteiger partial charge >= 0.3 is 0 Å². The van der Waals surface area contributed by atoms with Crippen LogP contribution in [0.25, 0.3) is 0 Å². The molecule has 1 spiro atoms. The summed E-state index contributed by atoms with van der Waals surface area (Å²) in [5.74, 6) is 0.597. The van der Waals surface area contributed by atoms with Gasteiger partial charge in [0.1, 0.15) is 23.9 Å². The quantitative estimate of drug-likeness (QED) is 0.665. The van der Waals surface area contributed by atoms with Gasteiger partial charge in [-0.1, -0.05) is 18.2 Å². The third-order valence-electron chi connectivity index (χ3n) is 6.64. The molecule has 2 aromatic rings. The summed E-state index contributed by atoms with van der Waals surface area (Å²) in [6, 6.07) is 13.6. The molecule has 2 heterocycles. The highest BCUT2D eigenvalue weighted by Gasteiger charge is 2.46. The molecular formula is C27H33FN2O5. The van der Waals surface area contributed by atoms with Crippen LogP contribution in [0.2, 0.25) is 0 Å². The first kappa shape index (κ1) is 25.0. The minimum Gasteiger partial charge on any atom is -0.491 e. The molecule has 2 amide bonds. The van der Waals surface area contributed by atoms with E-state index in [0.717, 1.165) is 30.6 Å². The van der Waals surface area contributed by atoms with E-state index in [1.165, 1.54) is 24.3 Å². The van der Waals surface area contributed by atoms with Crippen LogP contribution in [0, 0.1) is 5.82 Å². The first-order valence-corrected chi connectivity index (χ1v) is 12.3.